The predicted octanol–water partition coefficient (Wildman–Crippen LogP) is 3.44. The van der Waals surface area contributed by atoms with Crippen LogP contribution >= 0.6 is 10.6 Å². The van der Waals surface area contributed by atoms with Crippen molar-refractivity contribution >= 4 is 33.3 Å². The van der Waals surface area contributed by atoms with E-state index in [2.05, 4.69) is 11.4 Å². The fraction of sp³-hybridized carbons (Fsp3) is 0.300. The van der Waals surface area contributed by atoms with Crippen molar-refractivity contribution in [3.05, 3.63) is 53.6 Å². The lowest BCUT2D eigenvalue weighted by atomic mass is 10.1. The zero-order chi connectivity index (χ0) is 19.7. The molecule has 148 valence electrons. The van der Waals surface area contributed by atoms with Crippen LogP contribution in [-0.2, 0) is 6.54 Å². The van der Waals surface area contributed by atoms with Crippen LogP contribution in [0.4, 0.5) is 11.8 Å². The number of nitrogens with zero attached hydrogens (tertiary/aromatic N) is 3. The number of hydrogen-bond donors (Lipinski definition) is 4. The third kappa shape index (κ3) is 3.64. The summed E-state index contributed by atoms with van der Waals surface area (Å²) in [5, 5.41) is 4.25. The molecule has 0 saturated heterocycles. The fourth-order valence-electron chi connectivity index (χ4n) is 3.45. The highest BCUT2D eigenvalue weighted by Crippen LogP contribution is 2.51. The van der Waals surface area contributed by atoms with E-state index in [4.69, 9.17) is 15.7 Å². The summed E-state index contributed by atoms with van der Waals surface area (Å²) in [6.07, 6.45) is 0. The summed E-state index contributed by atoms with van der Waals surface area (Å²) in [5.74, 6) is 1.58. The van der Waals surface area contributed by atoms with E-state index in [0.29, 0.717) is 37.0 Å². The van der Waals surface area contributed by atoms with E-state index in [1.807, 2.05) is 42.2 Å². The lowest BCUT2D eigenvalue weighted by Gasteiger charge is -2.32. The molecule has 8 heteroatoms. The van der Waals surface area contributed by atoms with Gasteiger partial charge in [0.15, 0.2) is 0 Å². The molecule has 28 heavy (non-hydrogen) atoms. The van der Waals surface area contributed by atoms with E-state index < -0.39 is 10.6 Å². The number of hydrogen-bond acceptors (Lipinski definition) is 7. The summed E-state index contributed by atoms with van der Waals surface area (Å²) < 4.78 is 21.2. The number of nitrogens with one attached hydrogen (secondary N) is 1. The molecule has 0 radical (unpaired) electrons. The number of nitrogens with two attached hydrogens (primary N) is 1. The van der Waals surface area contributed by atoms with Crippen molar-refractivity contribution in [1.29, 1.82) is 0 Å². The number of anilines is 2. The van der Waals surface area contributed by atoms with Crippen molar-refractivity contribution in [3.8, 4) is 0 Å². The molecule has 3 aromatic rings. The van der Waals surface area contributed by atoms with E-state index in [1.54, 1.807) is 6.07 Å². The first kappa shape index (κ1) is 18.9. The van der Waals surface area contributed by atoms with Crippen molar-refractivity contribution in [2.24, 2.45) is 5.73 Å². The van der Waals surface area contributed by atoms with E-state index in [-0.39, 0.29) is 5.75 Å². The number of fused-ring (bicyclic) bond motifs is 2. The third-order valence-electron chi connectivity index (χ3n) is 4.89. The normalized spacial score (nSPS) is 17.1. The molecule has 7 nitrogen and oxygen atoms in total. The minimum absolute atomic E-state index is 0.255. The summed E-state index contributed by atoms with van der Waals surface area (Å²) in [4.78, 5) is 12.1. The van der Waals surface area contributed by atoms with Crippen LogP contribution in [0.1, 0.15) is 11.1 Å². The topological polar surface area (TPSA) is 108 Å². The Morgan fingerprint density at radius 1 is 1.18 bits per heavy atom. The zero-order valence-corrected chi connectivity index (χ0v) is 16.6. The second-order valence-electron chi connectivity index (χ2n) is 7.01. The Labute approximate surface area is 166 Å². The molecule has 0 aliphatic carbocycles. The first-order valence-corrected chi connectivity index (χ1v) is 11.0. The first-order chi connectivity index (χ1) is 13.5. The molecule has 1 aliphatic heterocycles. The third-order valence-corrected chi connectivity index (χ3v) is 6.75. The molecular formula is C20H25N5O2S. The number of benzene rings is 2. The van der Waals surface area contributed by atoms with Gasteiger partial charge in [0.2, 0.25) is 5.95 Å². The fourth-order valence-corrected chi connectivity index (χ4v) is 5.00. The minimum Gasteiger partial charge on any atom is -0.368 e. The van der Waals surface area contributed by atoms with Crippen molar-refractivity contribution in [2.75, 3.05) is 35.6 Å². The molecule has 4 rings (SSSR count). The van der Waals surface area contributed by atoms with Crippen molar-refractivity contribution in [3.63, 3.8) is 0 Å². The Morgan fingerprint density at radius 3 is 2.82 bits per heavy atom. The Morgan fingerprint density at radius 2 is 2.00 bits per heavy atom. The maximum atomic E-state index is 10.6. The summed E-state index contributed by atoms with van der Waals surface area (Å²) >= 11 is 0. The zero-order valence-electron chi connectivity index (χ0n) is 15.8. The average molecular weight is 400 g/mol. The van der Waals surface area contributed by atoms with Gasteiger partial charge in [-0.2, -0.15) is 15.6 Å². The molecule has 0 bridgehead atoms. The number of rotatable bonds is 4. The van der Waals surface area contributed by atoms with Gasteiger partial charge in [0.05, 0.1) is 16.2 Å². The van der Waals surface area contributed by atoms with Gasteiger partial charge in [-0.05, 0) is 30.7 Å². The van der Waals surface area contributed by atoms with Crippen LogP contribution in [0.3, 0.4) is 0 Å². The van der Waals surface area contributed by atoms with Gasteiger partial charge in [-0.15, -0.1) is 0 Å². The Bertz CT molecular complexity index is 1010. The molecule has 0 atom stereocenters. The van der Waals surface area contributed by atoms with Gasteiger partial charge < -0.3 is 16.0 Å². The van der Waals surface area contributed by atoms with Gasteiger partial charge in [-0.1, -0.05) is 29.8 Å². The van der Waals surface area contributed by atoms with Gasteiger partial charge in [0, 0.05) is 31.6 Å². The largest absolute Gasteiger partial charge is 0.368 e. The highest BCUT2D eigenvalue weighted by atomic mass is 32.3. The lowest BCUT2D eigenvalue weighted by Crippen LogP contribution is -2.27. The van der Waals surface area contributed by atoms with Crippen LogP contribution in [0, 0.1) is 6.92 Å². The second kappa shape index (κ2) is 7.56. The first-order valence-electron chi connectivity index (χ1n) is 9.29. The smallest absolute Gasteiger partial charge is 0.228 e. The van der Waals surface area contributed by atoms with Crippen LogP contribution in [0.5, 0.6) is 0 Å². The summed E-state index contributed by atoms with van der Waals surface area (Å²) in [7, 11) is -2.82. The van der Waals surface area contributed by atoms with Crippen molar-refractivity contribution in [1.82, 2.24) is 9.97 Å². The van der Waals surface area contributed by atoms with Crippen LogP contribution in [0.2, 0.25) is 0 Å². The number of aromatic nitrogens is 2. The lowest BCUT2D eigenvalue weighted by molar-refractivity contribution is 0.488. The number of aryl methyl sites for hydroxylation is 1. The standard InChI is InChI=1S/C20H25N5O2S/c1-14-6-7-17-16(12-14)19(22-9-8-21)24-20(23-17)25-10-11-28(26,27)18-5-3-2-4-15(18)13-25/h2-7,12,26-27H,8-11,13,21H2,1H3,(H,22,23,24). The van der Waals surface area contributed by atoms with E-state index in [1.165, 1.54) is 0 Å². The molecule has 0 unspecified atom stereocenters. The van der Waals surface area contributed by atoms with Crippen molar-refractivity contribution < 1.29 is 9.11 Å². The monoisotopic (exact) mass is 399 g/mol. The molecule has 1 aliphatic rings. The molecule has 2 aromatic carbocycles. The molecule has 0 amide bonds. The SMILES string of the molecule is Cc1ccc2nc(N3CCS(O)(O)c4ccccc4C3)nc(NCCN)c2c1. The highest BCUT2D eigenvalue weighted by Gasteiger charge is 2.27. The van der Waals surface area contributed by atoms with E-state index in [0.717, 1.165) is 27.8 Å². The van der Waals surface area contributed by atoms with E-state index in [9.17, 15) is 9.11 Å². The second-order valence-corrected chi connectivity index (χ2v) is 9.19. The highest BCUT2D eigenvalue weighted by molar-refractivity contribution is 8.24. The molecule has 0 saturated carbocycles. The minimum atomic E-state index is -2.82. The van der Waals surface area contributed by atoms with Gasteiger partial charge in [0.1, 0.15) is 5.82 Å². The Hall–Kier alpha value is -2.39. The maximum absolute atomic E-state index is 10.6. The van der Waals surface area contributed by atoms with Crippen LogP contribution in [-0.4, -0.2) is 44.5 Å². The van der Waals surface area contributed by atoms with Gasteiger partial charge in [0.25, 0.3) is 0 Å². The molecular weight excluding hydrogens is 374 g/mol. The van der Waals surface area contributed by atoms with E-state index >= 15 is 0 Å². The Balaban J connectivity index is 1.77. The molecule has 1 aromatic heterocycles. The maximum Gasteiger partial charge on any atom is 0.228 e. The average Bonchev–Trinajstić information content (AvgIpc) is 2.82. The van der Waals surface area contributed by atoms with Gasteiger partial charge in [-0.3, -0.25) is 9.11 Å². The quantitative estimate of drug-likeness (QED) is 0.532. The predicted molar refractivity (Wildman–Crippen MR) is 115 cm³/mol. The molecule has 0 fully saturated rings. The molecule has 0 spiro atoms. The Kier molecular flexibility index (Phi) is 5.11. The summed E-state index contributed by atoms with van der Waals surface area (Å²) in [5.41, 5.74) is 8.54. The van der Waals surface area contributed by atoms with Gasteiger partial charge in [-0.25, -0.2) is 4.98 Å². The van der Waals surface area contributed by atoms with Crippen LogP contribution in [0.15, 0.2) is 47.4 Å². The van der Waals surface area contributed by atoms with Crippen LogP contribution in [0.25, 0.3) is 10.9 Å². The molecule has 2 heterocycles. The summed E-state index contributed by atoms with van der Waals surface area (Å²) in [6, 6.07) is 13.6. The van der Waals surface area contributed by atoms with Crippen LogP contribution < -0.4 is 16.0 Å². The van der Waals surface area contributed by atoms with Crippen molar-refractivity contribution in [2.45, 2.75) is 18.4 Å². The van der Waals surface area contributed by atoms with Gasteiger partial charge >= 0.3 is 0 Å². The summed E-state index contributed by atoms with van der Waals surface area (Å²) in [6.45, 7) is 4.15. The molecule has 5 N–H and O–H groups in total.